The summed E-state index contributed by atoms with van der Waals surface area (Å²) in [6.07, 6.45) is 3.81. The number of pyridine rings is 1. The Balaban J connectivity index is 1.78. The van der Waals surface area contributed by atoms with Crippen LogP contribution < -0.4 is 21.1 Å². The van der Waals surface area contributed by atoms with Gasteiger partial charge >= 0.3 is 0 Å². The van der Waals surface area contributed by atoms with E-state index in [9.17, 15) is 9.59 Å². The standard InChI is InChI=1S/C21H22N4O4/c1-28-18-6-5-15(12-16(18)21(27)24-9-3-8-22)20(26)25-19-13-14(7-10-23-19)17-4-2-11-29-17/h2,4-7,10-13H,3,8-9,22H2,1H3,(H,24,27)(H,23,25,26). The highest BCUT2D eigenvalue weighted by atomic mass is 16.5. The first-order chi connectivity index (χ1) is 14.1. The number of nitrogens with two attached hydrogens (primary N) is 1. The maximum absolute atomic E-state index is 12.7. The molecule has 8 heteroatoms. The molecule has 2 amide bonds. The van der Waals surface area contributed by atoms with Crippen LogP contribution in [0.5, 0.6) is 5.75 Å². The zero-order valence-electron chi connectivity index (χ0n) is 16.0. The van der Waals surface area contributed by atoms with Gasteiger partial charge in [0.2, 0.25) is 0 Å². The van der Waals surface area contributed by atoms with E-state index in [1.165, 1.54) is 13.2 Å². The molecule has 0 aliphatic rings. The maximum Gasteiger partial charge on any atom is 0.256 e. The lowest BCUT2D eigenvalue weighted by molar-refractivity contribution is 0.0950. The van der Waals surface area contributed by atoms with Gasteiger partial charge in [-0.15, -0.1) is 0 Å². The Labute approximate surface area is 168 Å². The summed E-state index contributed by atoms with van der Waals surface area (Å²) in [5.41, 5.74) is 6.81. The number of carbonyl (C=O) groups is 2. The first-order valence-electron chi connectivity index (χ1n) is 9.10. The lowest BCUT2D eigenvalue weighted by atomic mass is 10.1. The van der Waals surface area contributed by atoms with Crippen LogP contribution in [0, 0.1) is 0 Å². The molecule has 0 saturated carbocycles. The second kappa shape index (κ2) is 9.52. The lowest BCUT2D eigenvalue weighted by Gasteiger charge is -2.11. The fourth-order valence-corrected chi connectivity index (χ4v) is 2.71. The Bertz CT molecular complexity index is 986. The van der Waals surface area contributed by atoms with Crippen LogP contribution in [0.3, 0.4) is 0 Å². The summed E-state index contributed by atoms with van der Waals surface area (Å²) in [6, 6.07) is 11.8. The van der Waals surface area contributed by atoms with Crippen LogP contribution >= 0.6 is 0 Å². The SMILES string of the molecule is COc1ccc(C(=O)Nc2cc(-c3ccco3)ccn2)cc1C(=O)NCCCN. The number of rotatable bonds is 8. The Kier molecular flexibility index (Phi) is 6.59. The molecular weight excluding hydrogens is 372 g/mol. The first kappa shape index (κ1) is 20.1. The predicted octanol–water partition coefficient (Wildman–Crippen LogP) is 2.68. The number of furan rings is 1. The van der Waals surface area contributed by atoms with Crippen molar-refractivity contribution in [3.8, 4) is 17.1 Å². The minimum absolute atomic E-state index is 0.273. The van der Waals surface area contributed by atoms with Crippen LogP contribution in [0.1, 0.15) is 27.1 Å². The molecule has 3 aromatic rings. The van der Waals surface area contributed by atoms with Crippen molar-refractivity contribution in [2.24, 2.45) is 5.73 Å². The number of methoxy groups -OCH3 is 1. The van der Waals surface area contributed by atoms with Gasteiger partial charge in [0.1, 0.15) is 17.3 Å². The Hall–Kier alpha value is -3.65. The van der Waals surface area contributed by atoms with Crippen molar-refractivity contribution in [2.45, 2.75) is 6.42 Å². The third-order valence-corrected chi connectivity index (χ3v) is 4.18. The van der Waals surface area contributed by atoms with Crippen molar-refractivity contribution < 1.29 is 18.7 Å². The summed E-state index contributed by atoms with van der Waals surface area (Å²) >= 11 is 0. The van der Waals surface area contributed by atoms with Crippen LogP contribution in [0.25, 0.3) is 11.3 Å². The van der Waals surface area contributed by atoms with Crippen molar-refractivity contribution in [2.75, 3.05) is 25.5 Å². The molecule has 2 aromatic heterocycles. The van der Waals surface area contributed by atoms with Gasteiger partial charge < -0.3 is 25.5 Å². The number of hydrogen-bond donors (Lipinski definition) is 3. The largest absolute Gasteiger partial charge is 0.496 e. The van der Waals surface area contributed by atoms with E-state index in [1.807, 2.05) is 6.07 Å². The quantitative estimate of drug-likeness (QED) is 0.505. The Morgan fingerprint density at radius 1 is 1.17 bits per heavy atom. The van der Waals surface area contributed by atoms with Gasteiger partial charge in [0.25, 0.3) is 11.8 Å². The van der Waals surface area contributed by atoms with E-state index in [-0.39, 0.29) is 11.5 Å². The summed E-state index contributed by atoms with van der Waals surface area (Å²) < 4.78 is 10.6. The molecule has 0 unspecified atom stereocenters. The average Bonchev–Trinajstić information content (AvgIpc) is 3.28. The summed E-state index contributed by atoms with van der Waals surface area (Å²) in [4.78, 5) is 29.3. The fraction of sp³-hybridized carbons (Fsp3) is 0.190. The van der Waals surface area contributed by atoms with Gasteiger partial charge in [-0.25, -0.2) is 4.98 Å². The Morgan fingerprint density at radius 2 is 2.03 bits per heavy atom. The molecular formula is C21H22N4O4. The summed E-state index contributed by atoms with van der Waals surface area (Å²) in [5.74, 6) is 0.692. The first-order valence-corrected chi connectivity index (χ1v) is 9.10. The van der Waals surface area contributed by atoms with Gasteiger partial charge in [-0.3, -0.25) is 9.59 Å². The molecule has 0 atom stereocenters. The second-order valence-corrected chi connectivity index (χ2v) is 6.17. The number of nitrogens with one attached hydrogen (secondary N) is 2. The normalized spacial score (nSPS) is 10.4. The van der Waals surface area contributed by atoms with Crippen molar-refractivity contribution in [1.82, 2.24) is 10.3 Å². The number of amides is 2. The molecule has 0 aliphatic heterocycles. The highest BCUT2D eigenvalue weighted by Gasteiger charge is 2.16. The molecule has 0 bridgehead atoms. The summed E-state index contributed by atoms with van der Waals surface area (Å²) in [7, 11) is 1.47. The maximum atomic E-state index is 12.7. The van der Waals surface area contributed by atoms with Crippen molar-refractivity contribution >= 4 is 17.6 Å². The van der Waals surface area contributed by atoms with Crippen LogP contribution in [-0.2, 0) is 0 Å². The molecule has 4 N–H and O–H groups in total. The van der Waals surface area contributed by atoms with Crippen LogP contribution in [0.2, 0.25) is 0 Å². The van der Waals surface area contributed by atoms with Crippen LogP contribution in [0.4, 0.5) is 5.82 Å². The van der Waals surface area contributed by atoms with Gasteiger partial charge in [0.05, 0.1) is 18.9 Å². The van der Waals surface area contributed by atoms with Crippen molar-refractivity contribution in [3.05, 3.63) is 66.1 Å². The van der Waals surface area contributed by atoms with Crippen LogP contribution in [-0.4, -0.2) is 37.0 Å². The molecule has 0 saturated heterocycles. The molecule has 29 heavy (non-hydrogen) atoms. The van der Waals surface area contributed by atoms with Gasteiger partial charge in [-0.2, -0.15) is 0 Å². The van der Waals surface area contributed by atoms with Crippen LogP contribution in [0.15, 0.2) is 59.3 Å². The summed E-state index contributed by atoms with van der Waals surface area (Å²) in [5, 5.41) is 5.50. The number of hydrogen-bond acceptors (Lipinski definition) is 6. The van der Waals surface area contributed by atoms with E-state index in [2.05, 4.69) is 15.6 Å². The van der Waals surface area contributed by atoms with E-state index in [0.717, 1.165) is 5.56 Å². The monoisotopic (exact) mass is 394 g/mol. The zero-order chi connectivity index (χ0) is 20.6. The van der Waals surface area contributed by atoms with E-state index in [1.54, 1.807) is 42.8 Å². The molecule has 0 radical (unpaired) electrons. The molecule has 150 valence electrons. The number of benzene rings is 1. The average molecular weight is 394 g/mol. The van der Waals surface area contributed by atoms with E-state index < -0.39 is 5.91 Å². The smallest absolute Gasteiger partial charge is 0.256 e. The van der Waals surface area contributed by atoms with Crippen molar-refractivity contribution in [1.29, 1.82) is 0 Å². The highest BCUT2D eigenvalue weighted by Crippen LogP contribution is 2.23. The third-order valence-electron chi connectivity index (χ3n) is 4.18. The predicted molar refractivity (Wildman–Crippen MR) is 109 cm³/mol. The fourth-order valence-electron chi connectivity index (χ4n) is 2.71. The molecule has 8 nitrogen and oxygen atoms in total. The topological polar surface area (TPSA) is 119 Å². The van der Waals surface area contributed by atoms with Gasteiger partial charge in [0, 0.05) is 23.9 Å². The molecule has 0 spiro atoms. The minimum Gasteiger partial charge on any atom is -0.496 e. The summed E-state index contributed by atoms with van der Waals surface area (Å²) in [6.45, 7) is 0.919. The number of anilines is 1. The molecule has 0 fully saturated rings. The Morgan fingerprint density at radius 3 is 2.76 bits per heavy atom. The minimum atomic E-state index is -0.396. The van der Waals surface area contributed by atoms with E-state index in [4.69, 9.17) is 14.9 Å². The zero-order valence-corrected chi connectivity index (χ0v) is 16.0. The number of ether oxygens (including phenoxy) is 1. The lowest BCUT2D eigenvalue weighted by Crippen LogP contribution is -2.26. The molecule has 1 aromatic carbocycles. The highest BCUT2D eigenvalue weighted by molar-refractivity contribution is 6.06. The second-order valence-electron chi connectivity index (χ2n) is 6.17. The molecule has 3 rings (SSSR count). The molecule has 2 heterocycles. The van der Waals surface area contributed by atoms with Gasteiger partial charge in [-0.05, 0) is 55.4 Å². The number of nitrogens with zero attached hydrogens (tertiary/aromatic N) is 1. The van der Waals surface area contributed by atoms with E-state index >= 15 is 0 Å². The number of aromatic nitrogens is 1. The van der Waals surface area contributed by atoms with Gasteiger partial charge in [-0.1, -0.05) is 0 Å². The van der Waals surface area contributed by atoms with Crippen molar-refractivity contribution in [3.63, 3.8) is 0 Å². The van der Waals surface area contributed by atoms with E-state index in [0.29, 0.717) is 42.4 Å². The molecule has 0 aliphatic carbocycles. The number of carbonyl (C=O) groups excluding carboxylic acids is 2. The third kappa shape index (κ3) is 4.99. The van der Waals surface area contributed by atoms with Gasteiger partial charge in [0.15, 0.2) is 0 Å².